The van der Waals surface area contributed by atoms with Gasteiger partial charge < -0.3 is 0 Å². The minimum Gasteiger partial charge on any atom is -0.254 e. The average molecular weight is 455 g/mol. The lowest BCUT2D eigenvalue weighted by atomic mass is 10.1. The van der Waals surface area contributed by atoms with Crippen molar-refractivity contribution in [3.05, 3.63) is 119 Å². The summed E-state index contributed by atoms with van der Waals surface area (Å²) < 4.78 is 25.5. The van der Waals surface area contributed by atoms with Gasteiger partial charge in [-0.1, -0.05) is 73.5 Å². The van der Waals surface area contributed by atoms with Gasteiger partial charge in [0.15, 0.2) is 0 Å². The van der Waals surface area contributed by atoms with Crippen LogP contribution in [0.15, 0.2) is 86.0 Å². The summed E-state index contributed by atoms with van der Waals surface area (Å²) in [5.41, 5.74) is 4.83. The van der Waals surface area contributed by atoms with E-state index in [9.17, 15) is 8.42 Å². The first kappa shape index (κ1) is 23.2. The van der Waals surface area contributed by atoms with Crippen molar-refractivity contribution in [2.24, 2.45) is 0 Å². The van der Waals surface area contributed by atoms with Crippen LogP contribution in [0.2, 0.25) is 0 Å². The minimum absolute atomic E-state index is 0.341. The Morgan fingerprint density at radius 2 is 1.06 bits per heavy atom. The van der Waals surface area contributed by atoms with Crippen LogP contribution >= 0.6 is 0 Å². The van der Waals surface area contributed by atoms with Gasteiger partial charge in [0.1, 0.15) is 0 Å². The molecular formula is C28H22O2S2. The summed E-state index contributed by atoms with van der Waals surface area (Å²) in [6, 6.07) is 22.2. The summed E-state index contributed by atoms with van der Waals surface area (Å²) in [6.45, 7) is 7.97. The summed E-state index contributed by atoms with van der Waals surface area (Å²) in [4.78, 5) is 1.08. The Bertz CT molecular complexity index is 1200. The van der Waals surface area contributed by atoms with Gasteiger partial charge in [0.05, 0.1) is 33.1 Å². The Morgan fingerprint density at radius 3 is 1.41 bits per heavy atom. The molecule has 3 rings (SSSR count). The average Bonchev–Trinajstić information content (AvgIpc) is 2.84. The minimum atomic E-state index is -1.28. The molecule has 0 fully saturated rings. The number of benzene rings is 3. The van der Waals surface area contributed by atoms with E-state index in [0.717, 1.165) is 33.4 Å². The van der Waals surface area contributed by atoms with Crippen LogP contribution in [-0.2, 0) is 33.1 Å². The van der Waals surface area contributed by atoms with E-state index in [1.807, 2.05) is 72.8 Å². The molecule has 2 nitrogen and oxygen atoms in total. The Hall–Kier alpha value is -3.44. The molecule has 0 aliphatic rings. The Balaban J connectivity index is 1.63. The lowest BCUT2D eigenvalue weighted by Crippen LogP contribution is -2.00. The van der Waals surface area contributed by atoms with Crippen LogP contribution in [0.1, 0.15) is 33.4 Å². The zero-order chi connectivity index (χ0) is 23.1. The van der Waals surface area contributed by atoms with Crippen molar-refractivity contribution < 1.29 is 8.42 Å². The molecule has 0 bridgehead atoms. The first-order chi connectivity index (χ1) is 15.4. The van der Waals surface area contributed by atoms with Crippen LogP contribution in [0.5, 0.6) is 0 Å². The van der Waals surface area contributed by atoms with Gasteiger partial charge in [0.2, 0.25) is 0 Å². The molecule has 3 aromatic carbocycles. The first-order valence-corrected chi connectivity index (χ1v) is 12.4. The number of hydrogen-bond acceptors (Lipinski definition) is 2. The van der Waals surface area contributed by atoms with Gasteiger partial charge in [-0.25, -0.2) is 0 Å². The fourth-order valence-corrected chi connectivity index (χ4v) is 5.16. The van der Waals surface area contributed by atoms with Gasteiger partial charge in [-0.15, -0.1) is 12.8 Å². The maximum absolute atomic E-state index is 12.8. The Kier molecular flexibility index (Phi) is 7.79. The number of rotatable bonds is 8. The van der Waals surface area contributed by atoms with E-state index in [4.69, 9.17) is 12.8 Å². The highest BCUT2D eigenvalue weighted by Gasteiger charge is 2.12. The molecule has 2 unspecified atom stereocenters. The molecule has 0 radical (unpaired) electrons. The molecule has 0 spiro atoms. The largest absolute Gasteiger partial charge is 0.254 e. The number of terminal acetylenes is 2. The summed E-state index contributed by atoms with van der Waals surface area (Å²) in [5, 5.41) is 0. The zero-order valence-electron chi connectivity index (χ0n) is 17.5. The monoisotopic (exact) mass is 454 g/mol. The summed E-state index contributed by atoms with van der Waals surface area (Å²) in [6.07, 6.45) is 10.9. The maximum atomic E-state index is 12.8. The van der Waals surface area contributed by atoms with E-state index in [1.54, 1.807) is 0 Å². The van der Waals surface area contributed by atoms with E-state index < -0.39 is 21.6 Å². The summed E-state index contributed by atoms with van der Waals surface area (Å²) >= 11 is 0. The van der Waals surface area contributed by atoms with Gasteiger partial charge in [-0.3, -0.25) is 8.42 Å². The fourth-order valence-electron chi connectivity index (χ4n) is 3.04. The van der Waals surface area contributed by atoms with Gasteiger partial charge in [0.25, 0.3) is 0 Å². The van der Waals surface area contributed by atoms with Crippen LogP contribution in [0.25, 0.3) is 9.81 Å². The molecule has 4 heteroatoms. The van der Waals surface area contributed by atoms with Crippen LogP contribution in [0, 0.1) is 24.7 Å². The van der Waals surface area contributed by atoms with Crippen LogP contribution in [0.3, 0.4) is 0 Å². The molecule has 0 N–H and O–H groups in total. The zero-order valence-corrected chi connectivity index (χ0v) is 19.2. The van der Waals surface area contributed by atoms with Crippen molar-refractivity contribution in [1.29, 1.82) is 0 Å². The molecule has 0 amide bonds. The molecule has 0 saturated heterocycles. The maximum Gasteiger partial charge on any atom is 0.0574 e. The van der Waals surface area contributed by atoms with E-state index in [1.165, 1.54) is 0 Å². The second-order valence-electron chi connectivity index (χ2n) is 7.09. The fraction of sp³-hybridized carbons (Fsp3) is 0.0714. The molecule has 158 valence electrons. The molecule has 32 heavy (non-hydrogen) atoms. The molecule has 0 aliphatic carbocycles. The Morgan fingerprint density at radius 1 is 0.688 bits per heavy atom. The van der Waals surface area contributed by atoms with E-state index in [2.05, 4.69) is 25.0 Å². The molecule has 2 atom stereocenters. The first-order valence-electron chi connectivity index (χ1n) is 9.77. The van der Waals surface area contributed by atoms with Crippen molar-refractivity contribution in [3.63, 3.8) is 0 Å². The lowest BCUT2D eigenvalue weighted by molar-refractivity contribution is 0.687. The highest BCUT2D eigenvalue weighted by Crippen LogP contribution is 2.23. The normalized spacial score (nSPS) is 12.2. The Labute approximate surface area is 195 Å². The highest BCUT2D eigenvalue weighted by molar-refractivity contribution is 7.94. The van der Waals surface area contributed by atoms with Crippen LogP contribution < -0.4 is 0 Å². The lowest BCUT2D eigenvalue weighted by Gasteiger charge is -2.09. The third kappa shape index (κ3) is 5.83. The second-order valence-corrected chi connectivity index (χ2v) is 10.0. The molecule has 0 aromatic heterocycles. The van der Waals surface area contributed by atoms with Crippen molar-refractivity contribution >= 4 is 31.4 Å². The smallest absolute Gasteiger partial charge is 0.0574 e. The molecular weight excluding hydrogens is 432 g/mol. The SMILES string of the molecule is C#Cc1cccc(C(=C)S(=O)Cc2ccc(CS(=O)C(=C)c3cccc(C#C)c3)cc2)c1. The second kappa shape index (κ2) is 10.7. The summed E-state index contributed by atoms with van der Waals surface area (Å²) in [7, 11) is -2.57. The predicted octanol–water partition coefficient (Wildman–Crippen LogP) is 5.49. The van der Waals surface area contributed by atoms with Gasteiger partial charge in [0, 0.05) is 20.9 Å². The molecule has 0 saturated carbocycles. The van der Waals surface area contributed by atoms with Crippen LogP contribution in [-0.4, -0.2) is 8.42 Å². The van der Waals surface area contributed by atoms with Gasteiger partial charge in [-0.05, 0) is 46.5 Å². The quantitative estimate of drug-likeness (QED) is 0.422. The highest BCUT2D eigenvalue weighted by atomic mass is 32.2. The molecule has 0 heterocycles. The third-order valence-corrected chi connectivity index (χ3v) is 7.63. The standard InChI is InChI=1S/C28H22O2S2/c1-5-23-9-7-11-27(17-23)21(3)31(29)19-25-13-15-26(16-14-25)20-32(30)22(4)28-12-8-10-24(6-2)18-28/h1-2,7-18H,3-4,19-20H2. The van der Waals surface area contributed by atoms with E-state index >= 15 is 0 Å². The molecule has 0 aliphatic heterocycles. The molecule has 3 aromatic rings. The van der Waals surface area contributed by atoms with Crippen LogP contribution in [0.4, 0.5) is 0 Å². The van der Waals surface area contributed by atoms with Gasteiger partial charge in [-0.2, -0.15) is 0 Å². The summed E-state index contributed by atoms with van der Waals surface area (Å²) in [5.74, 6) is 5.84. The van der Waals surface area contributed by atoms with E-state index in [-0.39, 0.29) is 0 Å². The van der Waals surface area contributed by atoms with E-state index in [0.29, 0.717) is 21.3 Å². The number of hydrogen-bond donors (Lipinski definition) is 0. The van der Waals surface area contributed by atoms with Crippen molar-refractivity contribution in [1.82, 2.24) is 0 Å². The van der Waals surface area contributed by atoms with Gasteiger partial charge >= 0.3 is 0 Å². The predicted molar refractivity (Wildman–Crippen MR) is 137 cm³/mol. The van der Waals surface area contributed by atoms with Crippen molar-refractivity contribution in [3.8, 4) is 24.7 Å². The third-order valence-electron chi connectivity index (χ3n) is 4.87. The van der Waals surface area contributed by atoms with Crippen molar-refractivity contribution in [2.45, 2.75) is 11.5 Å². The van der Waals surface area contributed by atoms with Crippen molar-refractivity contribution in [2.75, 3.05) is 0 Å². The topological polar surface area (TPSA) is 34.1 Å².